The molecule has 0 unspecified atom stereocenters. The van der Waals surface area contributed by atoms with Gasteiger partial charge in [-0.3, -0.25) is 19.7 Å². The van der Waals surface area contributed by atoms with Crippen LogP contribution in [0.2, 0.25) is 0 Å². The molecule has 2 N–H and O–H groups in total. The van der Waals surface area contributed by atoms with Crippen molar-refractivity contribution in [3.63, 3.8) is 0 Å². The minimum absolute atomic E-state index is 0.126. The van der Waals surface area contributed by atoms with Gasteiger partial charge in [-0.1, -0.05) is 12.1 Å². The number of nitrogens with one attached hydrogen (secondary N) is 2. The van der Waals surface area contributed by atoms with E-state index < -0.39 is 22.7 Å². The molecule has 2 aromatic carbocycles. The van der Waals surface area contributed by atoms with Gasteiger partial charge in [0.15, 0.2) is 0 Å². The molecule has 138 valence electrons. The van der Waals surface area contributed by atoms with Gasteiger partial charge in [0.2, 0.25) is 0 Å². The van der Waals surface area contributed by atoms with Crippen LogP contribution in [0, 0.1) is 10.1 Å². The number of carbonyl (C=O) groups is 3. The first-order valence-electron chi connectivity index (χ1n) is 7.48. The summed E-state index contributed by atoms with van der Waals surface area (Å²) in [7, 11) is 1.25. The summed E-state index contributed by atoms with van der Waals surface area (Å²) in [5.41, 5.74) is 2.85. The zero-order valence-corrected chi connectivity index (χ0v) is 14.0. The second-order valence-electron chi connectivity index (χ2n) is 5.07. The van der Waals surface area contributed by atoms with Crippen LogP contribution >= 0.6 is 0 Å². The van der Waals surface area contributed by atoms with E-state index >= 15 is 0 Å². The van der Waals surface area contributed by atoms with Gasteiger partial charge in [-0.2, -0.15) is 5.10 Å². The number of ether oxygens (including phenoxy) is 1. The van der Waals surface area contributed by atoms with Crippen LogP contribution in [0.3, 0.4) is 0 Å². The van der Waals surface area contributed by atoms with E-state index in [1.165, 1.54) is 55.8 Å². The third-order valence-corrected chi connectivity index (χ3v) is 3.23. The van der Waals surface area contributed by atoms with Gasteiger partial charge in [-0.15, -0.1) is 0 Å². The number of carbonyl (C=O) groups excluding carboxylic acids is 3. The predicted molar refractivity (Wildman–Crippen MR) is 95.2 cm³/mol. The smallest absolute Gasteiger partial charge is 0.337 e. The van der Waals surface area contributed by atoms with Crippen LogP contribution in [0.15, 0.2) is 53.6 Å². The van der Waals surface area contributed by atoms with E-state index in [0.29, 0.717) is 16.8 Å². The van der Waals surface area contributed by atoms with Crippen molar-refractivity contribution in [1.29, 1.82) is 0 Å². The summed E-state index contributed by atoms with van der Waals surface area (Å²) < 4.78 is 4.55. The summed E-state index contributed by atoms with van der Waals surface area (Å²) in [6.45, 7) is 0. The third kappa shape index (κ3) is 5.46. The molecule has 0 aliphatic carbocycles. The molecule has 2 amide bonds. The lowest BCUT2D eigenvalue weighted by molar-refractivity contribution is -0.384. The van der Waals surface area contributed by atoms with Crippen LogP contribution in [0.25, 0.3) is 0 Å². The van der Waals surface area contributed by atoms with Crippen molar-refractivity contribution in [2.45, 2.75) is 0 Å². The molecule has 0 aromatic heterocycles. The molecule has 2 rings (SSSR count). The van der Waals surface area contributed by atoms with Crippen LogP contribution in [-0.2, 0) is 14.3 Å². The van der Waals surface area contributed by atoms with Gasteiger partial charge >= 0.3 is 17.8 Å². The summed E-state index contributed by atoms with van der Waals surface area (Å²) in [5.74, 6) is -2.54. The Hall–Kier alpha value is -4.08. The highest BCUT2D eigenvalue weighted by Gasteiger charge is 2.13. The summed E-state index contributed by atoms with van der Waals surface area (Å²) in [4.78, 5) is 45.0. The van der Waals surface area contributed by atoms with Crippen molar-refractivity contribution in [2.24, 2.45) is 5.10 Å². The van der Waals surface area contributed by atoms with Gasteiger partial charge in [0.25, 0.3) is 5.69 Å². The number of amides is 2. The fourth-order valence-electron chi connectivity index (χ4n) is 1.93. The minimum atomic E-state index is -1.03. The molecule has 2 aromatic rings. The number of nitro benzene ring substituents is 1. The number of anilines is 1. The first-order valence-corrected chi connectivity index (χ1v) is 7.48. The SMILES string of the molecule is COC(=O)c1ccc(NC(=O)C(=O)N/N=C\c2cccc([N+](=O)[O-])c2)cc1. The lowest BCUT2D eigenvalue weighted by Gasteiger charge is -2.05. The summed E-state index contributed by atoms with van der Waals surface area (Å²) in [6, 6.07) is 11.3. The second kappa shape index (κ2) is 8.85. The molecule has 27 heavy (non-hydrogen) atoms. The predicted octanol–water partition coefficient (Wildman–Crippen LogP) is 1.47. The maximum Gasteiger partial charge on any atom is 0.337 e. The molecule has 0 aliphatic heterocycles. The molecule has 0 bridgehead atoms. The van der Waals surface area contributed by atoms with Crippen LogP contribution in [-0.4, -0.2) is 36.0 Å². The Morgan fingerprint density at radius 3 is 2.44 bits per heavy atom. The van der Waals surface area contributed by atoms with Crippen molar-refractivity contribution >= 4 is 35.4 Å². The van der Waals surface area contributed by atoms with E-state index in [1.54, 1.807) is 6.07 Å². The quantitative estimate of drug-likeness (QED) is 0.268. The summed E-state index contributed by atoms with van der Waals surface area (Å²) in [5, 5.41) is 16.6. The molecule has 0 fully saturated rings. The van der Waals surface area contributed by atoms with Gasteiger partial charge < -0.3 is 10.1 Å². The number of hydrazone groups is 1. The first kappa shape index (κ1) is 19.2. The largest absolute Gasteiger partial charge is 0.465 e. The topological polar surface area (TPSA) is 140 Å². The van der Waals surface area contributed by atoms with Crippen LogP contribution in [0.1, 0.15) is 15.9 Å². The van der Waals surface area contributed by atoms with Gasteiger partial charge in [0, 0.05) is 23.4 Å². The number of rotatable bonds is 5. The Morgan fingerprint density at radius 1 is 1.11 bits per heavy atom. The third-order valence-electron chi connectivity index (χ3n) is 3.23. The lowest BCUT2D eigenvalue weighted by Crippen LogP contribution is -2.32. The standard InChI is InChI=1S/C17H14N4O6/c1-27-17(24)12-5-7-13(8-6-12)19-15(22)16(23)20-18-10-11-3-2-4-14(9-11)21(25)26/h2-10H,1H3,(H,19,22)(H,20,23)/b18-10-. The highest BCUT2D eigenvalue weighted by molar-refractivity contribution is 6.39. The second-order valence-corrected chi connectivity index (χ2v) is 5.07. The van der Waals surface area contributed by atoms with E-state index in [4.69, 9.17) is 0 Å². The molecule has 0 heterocycles. The Labute approximate surface area is 153 Å². The molecule has 0 saturated carbocycles. The van der Waals surface area contributed by atoms with Crippen molar-refractivity contribution < 1.29 is 24.0 Å². The van der Waals surface area contributed by atoms with E-state index in [2.05, 4.69) is 15.2 Å². The van der Waals surface area contributed by atoms with Crippen LogP contribution in [0.5, 0.6) is 0 Å². The number of non-ortho nitro benzene ring substituents is 1. The molecule has 0 spiro atoms. The molecular formula is C17H14N4O6. The monoisotopic (exact) mass is 370 g/mol. The normalized spacial score (nSPS) is 10.3. The number of hydrogen-bond acceptors (Lipinski definition) is 7. The van der Waals surface area contributed by atoms with Crippen molar-refractivity contribution in [3.8, 4) is 0 Å². The maximum atomic E-state index is 11.8. The molecule has 10 heteroatoms. The highest BCUT2D eigenvalue weighted by Crippen LogP contribution is 2.12. The van der Waals surface area contributed by atoms with Crippen molar-refractivity contribution in [1.82, 2.24) is 5.43 Å². The number of nitrogens with zero attached hydrogens (tertiary/aromatic N) is 2. The zero-order valence-electron chi connectivity index (χ0n) is 14.0. The molecule has 0 radical (unpaired) electrons. The molecule has 0 aliphatic rings. The summed E-state index contributed by atoms with van der Waals surface area (Å²) >= 11 is 0. The Morgan fingerprint density at radius 2 is 1.81 bits per heavy atom. The van der Waals surface area contributed by atoms with Crippen molar-refractivity contribution in [3.05, 3.63) is 69.8 Å². The summed E-state index contributed by atoms with van der Waals surface area (Å²) in [6.07, 6.45) is 1.17. The van der Waals surface area contributed by atoms with Gasteiger partial charge in [-0.05, 0) is 24.3 Å². The first-order chi connectivity index (χ1) is 12.9. The van der Waals surface area contributed by atoms with E-state index in [1.807, 2.05) is 5.43 Å². The van der Waals surface area contributed by atoms with Gasteiger partial charge in [-0.25, -0.2) is 10.2 Å². The Kier molecular flexibility index (Phi) is 6.31. The van der Waals surface area contributed by atoms with Crippen LogP contribution < -0.4 is 10.7 Å². The van der Waals surface area contributed by atoms with Crippen molar-refractivity contribution in [2.75, 3.05) is 12.4 Å². The molecule has 0 atom stereocenters. The average Bonchev–Trinajstić information content (AvgIpc) is 2.68. The lowest BCUT2D eigenvalue weighted by atomic mass is 10.2. The highest BCUT2D eigenvalue weighted by atomic mass is 16.6. The van der Waals surface area contributed by atoms with E-state index in [-0.39, 0.29) is 5.69 Å². The molecular weight excluding hydrogens is 356 g/mol. The maximum absolute atomic E-state index is 11.8. The number of benzene rings is 2. The molecule has 10 nitrogen and oxygen atoms in total. The number of nitro groups is 1. The fourth-order valence-corrected chi connectivity index (χ4v) is 1.93. The van der Waals surface area contributed by atoms with Crippen LogP contribution in [0.4, 0.5) is 11.4 Å². The van der Waals surface area contributed by atoms with Gasteiger partial charge in [0.1, 0.15) is 0 Å². The Bertz CT molecular complexity index is 908. The number of esters is 1. The number of methoxy groups -OCH3 is 1. The average molecular weight is 370 g/mol. The fraction of sp³-hybridized carbons (Fsp3) is 0.0588. The van der Waals surface area contributed by atoms with Gasteiger partial charge in [0.05, 0.1) is 23.8 Å². The zero-order chi connectivity index (χ0) is 19.8. The van der Waals surface area contributed by atoms with E-state index in [0.717, 1.165) is 0 Å². The molecule has 0 saturated heterocycles. The number of hydrogen-bond donors (Lipinski definition) is 2. The van der Waals surface area contributed by atoms with E-state index in [9.17, 15) is 24.5 Å². The minimum Gasteiger partial charge on any atom is -0.465 e. The Balaban J connectivity index is 1.92.